The van der Waals surface area contributed by atoms with Crippen molar-refractivity contribution in [2.24, 2.45) is 11.8 Å². The van der Waals surface area contributed by atoms with Gasteiger partial charge in [-0.25, -0.2) is 0 Å². The van der Waals surface area contributed by atoms with Gasteiger partial charge in [0.25, 0.3) is 0 Å². The van der Waals surface area contributed by atoms with Crippen LogP contribution in [0.5, 0.6) is 0 Å². The molecule has 0 bridgehead atoms. The van der Waals surface area contributed by atoms with Crippen LogP contribution in [0.15, 0.2) is 12.7 Å². The quantitative estimate of drug-likeness (QED) is 0.475. The minimum Gasteiger partial charge on any atom is -0.393 e. The lowest BCUT2D eigenvalue weighted by Gasteiger charge is -2.23. The lowest BCUT2D eigenvalue weighted by Crippen LogP contribution is -2.22. The Balaban J connectivity index is 3.63. The molecule has 0 rings (SSSR count). The Morgan fingerprint density at radius 3 is 2.23 bits per heavy atom. The lowest BCUT2D eigenvalue weighted by molar-refractivity contribution is 0.0902. The molecule has 0 radical (unpaired) electrons. The summed E-state index contributed by atoms with van der Waals surface area (Å²) in [5, 5.41) is 9.52. The molecule has 1 heteroatoms. The maximum absolute atomic E-state index is 9.52. The van der Waals surface area contributed by atoms with Crippen LogP contribution < -0.4 is 0 Å². The van der Waals surface area contributed by atoms with Gasteiger partial charge in [0.15, 0.2) is 0 Å². The van der Waals surface area contributed by atoms with Crippen LogP contribution in [0.3, 0.4) is 0 Å². The first-order valence-electron chi connectivity index (χ1n) is 5.38. The van der Waals surface area contributed by atoms with E-state index in [1.54, 1.807) is 0 Å². The van der Waals surface area contributed by atoms with Crippen molar-refractivity contribution >= 4 is 0 Å². The molecule has 0 amide bonds. The zero-order valence-electron chi connectivity index (χ0n) is 9.29. The second-order valence-corrected chi connectivity index (χ2v) is 4.22. The van der Waals surface area contributed by atoms with Crippen LogP contribution >= 0.6 is 0 Å². The molecule has 0 saturated heterocycles. The predicted octanol–water partition coefficient (Wildman–Crippen LogP) is 3.39. The lowest BCUT2D eigenvalue weighted by atomic mass is 9.86. The van der Waals surface area contributed by atoms with Crippen LogP contribution in [0.4, 0.5) is 0 Å². The molecule has 0 aliphatic heterocycles. The highest BCUT2D eigenvalue weighted by Gasteiger charge is 2.17. The van der Waals surface area contributed by atoms with Crippen LogP contribution in [0.1, 0.15) is 46.5 Å². The Labute approximate surface area is 82.9 Å². The Kier molecular flexibility index (Phi) is 6.97. The number of aliphatic hydroxyl groups is 1. The van der Waals surface area contributed by atoms with Gasteiger partial charge in [0.2, 0.25) is 0 Å². The van der Waals surface area contributed by atoms with Crippen molar-refractivity contribution in [3.63, 3.8) is 0 Å². The summed E-state index contributed by atoms with van der Waals surface area (Å²) >= 11 is 0. The molecule has 78 valence electrons. The first-order valence-corrected chi connectivity index (χ1v) is 5.38. The van der Waals surface area contributed by atoms with Gasteiger partial charge in [0, 0.05) is 0 Å². The van der Waals surface area contributed by atoms with Gasteiger partial charge in [-0.1, -0.05) is 26.3 Å². The van der Waals surface area contributed by atoms with Crippen molar-refractivity contribution in [3.05, 3.63) is 12.7 Å². The molecule has 0 heterocycles. The zero-order chi connectivity index (χ0) is 10.3. The summed E-state index contributed by atoms with van der Waals surface area (Å²) in [5.41, 5.74) is 0. The van der Waals surface area contributed by atoms with Crippen LogP contribution in [0.2, 0.25) is 0 Å². The summed E-state index contributed by atoms with van der Waals surface area (Å²) in [6.45, 7) is 9.97. The molecule has 1 nitrogen and oxygen atoms in total. The highest BCUT2D eigenvalue weighted by atomic mass is 16.3. The maximum Gasteiger partial charge on any atom is 0.0542 e. The van der Waals surface area contributed by atoms with Crippen molar-refractivity contribution in [2.75, 3.05) is 0 Å². The monoisotopic (exact) mass is 184 g/mol. The summed E-state index contributed by atoms with van der Waals surface area (Å²) in [6.07, 6.45) is 6.46. The Morgan fingerprint density at radius 1 is 1.23 bits per heavy atom. The van der Waals surface area contributed by atoms with Crippen LogP contribution in [0.25, 0.3) is 0 Å². The topological polar surface area (TPSA) is 20.2 Å². The van der Waals surface area contributed by atoms with E-state index in [4.69, 9.17) is 0 Å². The average molecular weight is 184 g/mol. The van der Waals surface area contributed by atoms with Gasteiger partial charge >= 0.3 is 0 Å². The van der Waals surface area contributed by atoms with E-state index in [9.17, 15) is 5.11 Å². The Hall–Kier alpha value is -0.300. The van der Waals surface area contributed by atoms with E-state index in [-0.39, 0.29) is 6.10 Å². The highest BCUT2D eigenvalue weighted by molar-refractivity contribution is 4.70. The molecule has 2 unspecified atom stereocenters. The number of allylic oxidation sites excluding steroid dienone is 1. The fourth-order valence-electron chi connectivity index (χ4n) is 1.80. The van der Waals surface area contributed by atoms with Gasteiger partial charge in [-0.15, -0.1) is 6.58 Å². The second-order valence-electron chi connectivity index (χ2n) is 4.22. The van der Waals surface area contributed by atoms with Crippen molar-refractivity contribution < 1.29 is 5.11 Å². The number of rotatable bonds is 7. The fourth-order valence-corrected chi connectivity index (χ4v) is 1.80. The molecule has 13 heavy (non-hydrogen) atoms. The van der Waals surface area contributed by atoms with E-state index < -0.39 is 0 Å². The van der Waals surface area contributed by atoms with Crippen LogP contribution in [-0.2, 0) is 0 Å². The molecule has 0 saturated carbocycles. The second kappa shape index (κ2) is 7.14. The minimum absolute atomic E-state index is 0.163. The fraction of sp³-hybridized carbons (Fsp3) is 0.833. The normalized spacial score (nSPS) is 15.8. The molecule has 1 N–H and O–H groups in total. The van der Waals surface area contributed by atoms with Crippen molar-refractivity contribution in [3.8, 4) is 0 Å². The molecule has 2 atom stereocenters. The van der Waals surface area contributed by atoms with E-state index in [2.05, 4.69) is 20.4 Å². The van der Waals surface area contributed by atoms with E-state index in [0.717, 1.165) is 12.8 Å². The van der Waals surface area contributed by atoms with Crippen LogP contribution in [-0.4, -0.2) is 11.2 Å². The first-order chi connectivity index (χ1) is 6.09. The molecular weight excluding hydrogens is 160 g/mol. The Bertz CT molecular complexity index is 119. The Morgan fingerprint density at radius 2 is 1.85 bits per heavy atom. The minimum atomic E-state index is -0.163. The molecule has 0 fully saturated rings. The van der Waals surface area contributed by atoms with Crippen LogP contribution in [0, 0.1) is 11.8 Å². The summed E-state index contributed by atoms with van der Waals surface area (Å²) in [5.74, 6) is 1.05. The third kappa shape index (κ3) is 5.87. The third-order valence-electron chi connectivity index (χ3n) is 2.67. The molecule has 0 aromatic heterocycles. The van der Waals surface area contributed by atoms with Gasteiger partial charge in [-0.05, 0) is 38.0 Å². The molecule has 0 aromatic rings. The van der Waals surface area contributed by atoms with Gasteiger partial charge < -0.3 is 5.11 Å². The number of hydrogen-bond acceptors (Lipinski definition) is 1. The predicted molar refractivity (Wildman–Crippen MR) is 58.7 cm³/mol. The van der Waals surface area contributed by atoms with Crippen molar-refractivity contribution in [1.29, 1.82) is 0 Å². The molecule has 0 aliphatic carbocycles. The summed E-state index contributed by atoms with van der Waals surface area (Å²) in [7, 11) is 0. The van der Waals surface area contributed by atoms with Gasteiger partial charge in [0.1, 0.15) is 0 Å². The third-order valence-corrected chi connectivity index (χ3v) is 2.67. The van der Waals surface area contributed by atoms with Gasteiger partial charge in [-0.2, -0.15) is 0 Å². The van der Waals surface area contributed by atoms with Gasteiger partial charge in [-0.3, -0.25) is 0 Å². The summed E-state index contributed by atoms with van der Waals surface area (Å²) < 4.78 is 0. The average Bonchev–Trinajstić information content (AvgIpc) is 2.02. The van der Waals surface area contributed by atoms with Crippen molar-refractivity contribution in [2.45, 2.75) is 52.6 Å². The molecule has 0 aliphatic rings. The molecule has 0 spiro atoms. The van der Waals surface area contributed by atoms with Crippen molar-refractivity contribution in [1.82, 2.24) is 0 Å². The van der Waals surface area contributed by atoms with E-state index >= 15 is 0 Å². The van der Waals surface area contributed by atoms with Gasteiger partial charge in [0.05, 0.1) is 6.10 Å². The molecular formula is C12H24O. The summed E-state index contributed by atoms with van der Waals surface area (Å²) in [4.78, 5) is 0. The highest BCUT2D eigenvalue weighted by Crippen LogP contribution is 2.22. The zero-order valence-corrected chi connectivity index (χ0v) is 9.29. The standard InChI is InChI=1S/C12H24O/c1-5-6-7-8-9-12(10(2)3)11(4)13/h5,10-13H,1,6-9H2,2-4H3. The number of hydrogen-bond donors (Lipinski definition) is 1. The number of unbranched alkanes of at least 4 members (excludes halogenated alkanes) is 2. The first kappa shape index (κ1) is 12.7. The maximum atomic E-state index is 9.52. The largest absolute Gasteiger partial charge is 0.393 e. The van der Waals surface area contributed by atoms with E-state index in [1.165, 1.54) is 12.8 Å². The number of aliphatic hydroxyl groups excluding tert-OH is 1. The summed E-state index contributed by atoms with van der Waals surface area (Å²) in [6, 6.07) is 0. The SMILES string of the molecule is C=CCCCCC(C(C)C)C(C)O. The molecule has 0 aromatic carbocycles. The van der Waals surface area contributed by atoms with E-state index in [0.29, 0.717) is 11.8 Å². The smallest absolute Gasteiger partial charge is 0.0542 e. The van der Waals surface area contributed by atoms with E-state index in [1.807, 2.05) is 13.0 Å².